The highest BCUT2D eigenvalue weighted by Crippen LogP contribution is 2.45. The summed E-state index contributed by atoms with van der Waals surface area (Å²) in [7, 11) is -3.83. The van der Waals surface area contributed by atoms with Gasteiger partial charge >= 0.3 is 0 Å². The number of nitro benzene ring substituents is 1. The van der Waals surface area contributed by atoms with Gasteiger partial charge in [0.2, 0.25) is 0 Å². The van der Waals surface area contributed by atoms with Crippen molar-refractivity contribution in [3.05, 3.63) is 70.3 Å². The second-order valence-electron chi connectivity index (χ2n) is 5.84. The van der Waals surface area contributed by atoms with E-state index >= 15 is 0 Å². The molecule has 8 nitrogen and oxygen atoms in total. The number of para-hydroxylation sites is 1. The Morgan fingerprint density at radius 3 is 2.60 bits per heavy atom. The number of hydrogen-bond donors (Lipinski definition) is 0. The Labute approximate surface area is 143 Å². The van der Waals surface area contributed by atoms with Gasteiger partial charge in [-0.25, -0.2) is 5.06 Å². The number of anilines is 1. The average Bonchev–Trinajstić information content (AvgIpc) is 3.14. The van der Waals surface area contributed by atoms with Crippen LogP contribution in [0.1, 0.15) is 11.6 Å². The van der Waals surface area contributed by atoms with Crippen molar-refractivity contribution in [2.75, 3.05) is 11.7 Å². The summed E-state index contributed by atoms with van der Waals surface area (Å²) in [5.74, 6) is 0. The number of benzene rings is 2. The minimum Gasteiger partial charge on any atom is -0.267 e. The average molecular weight is 362 g/mol. The molecule has 130 valence electrons. The first-order chi connectivity index (χ1) is 12.0. The van der Waals surface area contributed by atoms with E-state index in [1.165, 1.54) is 23.3 Å². The standard InChI is InChI=1S/C16H14N2O6S/c19-18(20)13-8-4-5-11(9-13)15-16-14(10-23-25(16,21)22)24-17(15)12-6-2-1-3-7-12/h1-9,14-16H,10H2/t14-,15+,16+/m1/s1. The second-order valence-corrected chi connectivity index (χ2v) is 7.61. The van der Waals surface area contributed by atoms with Crippen molar-refractivity contribution >= 4 is 21.5 Å². The fraction of sp³-hybridized carbons (Fsp3) is 0.250. The number of non-ortho nitro benzene ring substituents is 1. The summed E-state index contributed by atoms with van der Waals surface area (Å²) in [6.07, 6.45) is -0.658. The molecule has 0 spiro atoms. The van der Waals surface area contributed by atoms with Crippen molar-refractivity contribution in [2.45, 2.75) is 17.4 Å². The molecular weight excluding hydrogens is 348 g/mol. The predicted molar refractivity (Wildman–Crippen MR) is 88.3 cm³/mol. The van der Waals surface area contributed by atoms with Crippen LogP contribution in [0.4, 0.5) is 11.4 Å². The molecule has 0 N–H and O–H groups in total. The third kappa shape index (κ3) is 2.66. The van der Waals surface area contributed by atoms with E-state index in [4.69, 9.17) is 9.02 Å². The number of nitrogens with zero attached hydrogens (tertiary/aromatic N) is 2. The molecule has 3 atom stereocenters. The van der Waals surface area contributed by atoms with Gasteiger partial charge in [0.05, 0.1) is 17.2 Å². The van der Waals surface area contributed by atoms with Crippen LogP contribution in [0.2, 0.25) is 0 Å². The summed E-state index contributed by atoms with van der Waals surface area (Å²) in [5.41, 5.74) is 1.05. The molecule has 2 saturated heterocycles. The second kappa shape index (κ2) is 5.80. The highest BCUT2D eigenvalue weighted by atomic mass is 32.2. The number of nitro groups is 1. The van der Waals surface area contributed by atoms with Crippen LogP contribution < -0.4 is 5.06 Å². The number of fused-ring (bicyclic) bond motifs is 1. The third-order valence-electron chi connectivity index (χ3n) is 4.34. The summed E-state index contributed by atoms with van der Waals surface area (Å²) in [6.45, 7) is -0.0677. The molecule has 2 aromatic rings. The molecule has 0 unspecified atom stereocenters. The van der Waals surface area contributed by atoms with Gasteiger partial charge in [-0.05, 0) is 17.7 Å². The van der Waals surface area contributed by atoms with Crippen LogP contribution >= 0.6 is 0 Å². The number of hydrogen-bond acceptors (Lipinski definition) is 7. The van der Waals surface area contributed by atoms with Gasteiger partial charge in [-0.3, -0.25) is 19.1 Å². The summed E-state index contributed by atoms with van der Waals surface area (Å²) in [4.78, 5) is 16.4. The molecule has 2 aliphatic rings. The molecule has 0 aromatic heterocycles. The number of hydroxylamine groups is 1. The topological polar surface area (TPSA) is 99.0 Å². The van der Waals surface area contributed by atoms with Gasteiger partial charge in [0.1, 0.15) is 17.4 Å². The van der Waals surface area contributed by atoms with E-state index in [0.29, 0.717) is 11.3 Å². The Bertz CT molecular complexity index is 917. The van der Waals surface area contributed by atoms with Crippen molar-refractivity contribution in [3.8, 4) is 0 Å². The molecular formula is C16H14N2O6S. The molecule has 4 rings (SSSR count). The monoisotopic (exact) mass is 362 g/mol. The Morgan fingerprint density at radius 1 is 1.12 bits per heavy atom. The van der Waals surface area contributed by atoms with Crippen molar-refractivity contribution in [1.82, 2.24) is 0 Å². The Hall–Kier alpha value is -2.49. The Balaban J connectivity index is 1.84. The molecule has 2 aromatic carbocycles. The summed E-state index contributed by atoms with van der Waals surface area (Å²) < 4.78 is 29.6. The molecule has 0 aliphatic carbocycles. The fourth-order valence-corrected chi connectivity index (χ4v) is 4.83. The van der Waals surface area contributed by atoms with Crippen LogP contribution in [0.25, 0.3) is 0 Å². The van der Waals surface area contributed by atoms with Crippen LogP contribution in [0.15, 0.2) is 54.6 Å². The van der Waals surface area contributed by atoms with Crippen molar-refractivity contribution in [1.29, 1.82) is 0 Å². The van der Waals surface area contributed by atoms with Crippen LogP contribution in [0.3, 0.4) is 0 Å². The van der Waals surface area contributed by atoms with E-state index < -0.39 is 32.4 Å². The van der Waals surface area contributed by atoms with Gasteiger partial charge in [0, 0.05) is 12.1 Å². The minimum atomic E-state index is -3.83. The lowest BCUT2D eigenvalue weighted by atomic mass is 10.00. The minimum absolute atomic E-state index is 0.0677. The molecule has 0 radical (unpaired) electrons. The van der Waals surface area contributed by atoms with E-state index in [1.54, 1.807) is 18.2 Å². The molecule has 0 amide bonds. The Kier molecular flexibility index (Phi) is 3.71. The normalized spacial score (nSPS) is 27.2. The van der Waals surface area contributed by atoms with Crippen LogP contribution in [0.5, 0.6) is 0 Å². The van der Waals surface area contributed by atoms with Crippen molar-refractivity contribution in [2.24, 2.45) is 0 Å². The van der Waals surface area contributed by atoms with Gasteiger partial charge in [0.25, 0.3) is 15.8 Å². The van der Waals surface area contributed by atoms with Crippen LogP contribution in [-0.2, 0) is 19.1 Å². The molecule has 2 fully saturated rings. The maximum Gasteiger partial charge on any atom is 0.275 e. The van der Waals surface area contributed by atoms with E-state index in [0.717, 1.165) is 0 Å². The quantitative estimate of drug-likeness (QED) is 0.469. The first kappa shape index (κ1) is 16.0. The van der Waals surface area contributed by atoms with Crippen molar-refractivity contribution in [3.63, 3.8) is 0 Å². The van der Waals surface area contributed by atoms with E-state index in [2.05, 4.69) is 0 Å². The van der Waals surface area contributed by atoms with E-state index in [1.807, 2.05) is 18.2 Å². The van der Waals surface area contributed by atoms with Gasteiger partial charge < -0.3 is 0 Å². The zero-order valence-corrected chi connectivity index (χ0v) is 13.7. The highest BCUT2D eigenvalue weighted by Gasteiger charge is 2.56. The zero-order valence-electron chi connectivity index (χ0n) is 12.9. The SMILES string of the molecule is O=[N+]([O-])c1cccc([C@H]2[C@@H]3[C@@H](COS3(=O)=O)ON2c2ccccc2)c1. The van der Waals surface area contributed by atoms with Crippen molar-refractivity contribution < 1.29 is 22.4 Å². The first-order valence-electron chi connectivity index (χ1n) is 7.61. The molecule has 0 bridgehead atoms. The Morgan fingerprint density at radius 2 is 1.88 bits per heavy atom. The highest BCUT2D eigenvalue weighted by molar-refractivity contribution is 7.87. The third-order valence-corrected chi connectivity index (χ3v) is 6.04. The van der Waals surface area contributed by atoms with Gasteiger partial charge in [-0.2, -0.15) is 8.42 Å². The largest absolute Gasteiger partial charge is 0.275 e. The zero-order chi connectivity index (χ0) is 17.6. The lowest BCUT2D eigenvalue weighted by Gasteiger charge is -2.27. The summed E-state index contributed by atoms with van der Waals surface area (Å²) in [6, 6.07) is 14.2. The lowest BCUT2D eigenvalue weighted by molar-refractivity contribution is -0.384. The maximum atomic E-state index is 12.4. The van der Waals surface area contributed by atoms with Gasteiger partial charge in [-0.1, -0.05) is 30.3 Å². The maximum absolute atomic E-state index is 12.4. The fourth-order valence-electron chi connectivity index (χ4n) is 3.26. The summed E-state index contributed by atoms with van der Waals surface area (Å²) >= 11 is 0. The summed E-state index contributed by atoms with van der Waals surface area (Å²) in [5, 5.41) is 11.7. The van der Waals surface area contributed by atoms with Gasteiger partial charge in [-0.15, -0.1) is 0 Å². The van der Waals surface area contributed by atoms with E-state index in [9.17, 15) is 18.5 Å². The van der Waals surface area contributed by atoms with Crippen LogP contribution in [-0.4, -0.2) is 31.3 Å². The molecule has 0 saturated carbocycles. The van der Waals surface area contributed by atoms with Gasteiger partial charge in [0.15, 0.2) is 0 Å². The molecule has 2 heterocycles. The smallest absolute Gasteiger partial charge is 0.267 e. The van der Waals surface area contributed by atoms with Crippen LogP contribution in [0, 0.1) is 10.1 Å². The molecule has 25 heavy (non-hydrogen) atoms. The van der Waals surface area contributed by atoms with E-state index in [-0.39, 0.29) is 12.3 Å². The molecule has 9 heteroatoms. The lowest BCUT2D eigenvalue weighted by Crippen LogP contribution is -2.31. The number of rotatable bonds is 3. The molecule has 2 aliphatic heterocycles. The first-order valence-corrected chi connectivity index (χ1v) is 9.08. The predicted octanol–water partition coefficient (Wildman–Crippen LogP) is 2.18.